The van der Waals surface area contributed by atoms with Crippen molar-refractivity contribution in [3.63, 3.8) is 0 Å². The van der Waals surface area contributed by atoms with E-state index in [2.05, 4.69) is 62.4 Å². The van der Waals surface area contributed by atoms with E-state index in [4.69, 9.17) is 0 Å². The molecule has 2 aromatic rings. The highest BCUT2D eigenvalue weighted by Crippen LogP contribution is 2.37. The molecule has 2 fully saturated rings. The van der Waals surface area contributed by atoms with E-state index < -0.39 is 8.80 Å². The minimum absolute atomic E-state index is 0.373. The highest BCUT2D eigenvalue weighted by Gasteiger charge is 2.24. The van der Waals surface area contributed by atoms with Gasteiger partial charge in [-0.05, 0) is 59.8 Å². The van der Waals surface area contributed by atoms with E-state index in [1.807, 2.05) is 0 Å². The molecule has 0 N–H and O–H groups in total. The summed E-state index contributed by atoms with van der Waals surface area (Å²) < 4.78 is 0. The maximum absolute atomic E-state index is 2.44. The number of hydrogen-bond acceptors (Lipinski definition) is 0. The summed E-state index contributed by atoms with van der Waals surface area (Å²) in [5.74, 6) is 1.65. The largest absolute Gasteiger partial charge is 0.0657 e. The molecule has 0 bridgehead atoms. The number of benzene rings is 2. The maximum Gasteiger partial charge on any atom is 0.0368 e. The molecule has 0 radical (unpaired) electrons. The molecule has 174 valence electrons. The number of hydrogen-bond donors (Lipinski definition) is 0. The van der Waals surface area contributed by atoms with Crippen LogP contribution >= 0.6 is 0 Å². The molecule has 0 aliphatic carbocycles. The molecular formula is C30H46Si2. The fourth-order valence-corrected chi connectivity index (χ4v) is 13.5. The predicted molar refractivity (Wildman–Crippen MR) is 149 cm³/mol. The predicted octanol–water partition coefficient (Wildman–Crippen LogP) is 9.16. The Morgan fingerprint density at radius 1 is 0.562 bits per heavy atom. The van der Waals surface area contributed by atoms with Crippen LogP contribution in [0.25, 0.3) is 11.1 Å². The van der Waals surface area contributed by atoms with Crippen molar-refractivity contribution < 1.29 is 0 Å². The van der Waals surface area contributed by atoms with Crippen LogP contribution < -0.4 is 0 Å². The topological polar surface area (TPSA) is 0 Å². The molecule has 0 spiro atoms. The molecule has 0 saturated carbocycles. The summed E-state index contributed by atoms with van der Waals surface area (Å²) in [5.41, 5.74) is 5.97. The molecule has 2 aromatic carbocycles. The molecule has 0 unspecified atom stereocenters. The maximum atomic E-state index is 2.44. The van der Waals surface area contributed by atoms with E-state index >= 15 is 0 Å². The van der Waals surface area contributed by atoms with Gasteiger partial charge in [0.1, 0.15) is 0 Å². The average Bonchev–Trinajstić information content (AvgIpc) is 2.86. The third kappa shape index (κ3) is 6.47. The van der Waals surface area contributed by atoms with Crippen LogP contribution in [0.4, 0.5) is 0 Å². The Balaban J connectivity index is 1.29. The minimum atomic E-state index is -0.402. The zero-order valence-corrected chi connectivity index (χ0v) is 23.1. The van der Waals surface area contributed by atoms with E-state index in [0.717, 1.165) is 11.8 Å². The number of unbranched alkanes of at least 4 members (excludes halogenated alkanes) is 2. The molecule has 2 aliphatic rings. The summed E-state index contributed by atoms with van der Waals surface area (Å²) >= 11 is 0. The van der Waals surface area contributed by atoms with Gasteiger partial charge in [-0.15, -0.1) is 0 Å². The number of rotatable bonds is 9. The molecule has 2 heterocycles. The Kier molecular flexibility index (Phi) is 9.28. The van der Waals surface area contributed by atoms with Crippen molar-refractivity contribution in [2.24, 2.45) is 0 Å². The second-order valence-corrected chi connectivity index (χ2v) is 17.9. The summed E-state index contributed by atoms with van der Waals surface area (Å²) in [7, 11) is -0.775. The van der Waals surface area contributed by atoms with Crippen molar-refractivity contribution in [1.82, 2.24) is 0 Å². The molecule has 32 heavy (non-hydrogen) atoms. The molecule has 0 nitrogen and oxygen atoms in total. The van der Waals surface area contributed by atoms with Crippen LogP contribution in [0.2, 0.25) is 36.3 Å². The third-order valence-electron chi connectivity index (χ3n) is 8.70. The van der Waals surface area contributed by atoms with Crippen LogP contribution in [-0.4, -0.2) is 17.6 Å². The van der Waals surface area contributed by atoms with Gasteiger partial charge in [0.25, 0.3) is 0 Å². The van der Waals surface area contributed by atoms with Gasteiger partial charge in [-0.2, -0.15) is 0 Å². The average molecular weight is 463 g/mol. The van der Waals surface area contributed by atoms with E-state index in [1.54, 1.807) is 47.4 Å². The Morgan fingerprint density at radius 3 is 1.41 bits per heavy atom. The van der Waals surface area contributed by atoms with Crippen molar-refractivity contribution in [3.05, 3.63) is 59.7 Å². The Hall–Kier alpha value is -1.13. The summed E-state index contributed by atoms with van der Waals surface area (Å²) in [6.45, 7) is 4.70. The summed E-state index contributed by atoms with van der Waals surface area (Å²) in [5, 5.41) is 0. The lowest BCUT2D eigenvalue weighted by Gasteiger charge is -2.28. The quantitative estimate of drug-likeness (QED) is 0.257. The van der Waals surface area contributed by atoms with Gasteiger partial charge in [0.2, 0.25) is 0 Å². The molecule has 4 rings (SSSR count). The zero-order chi connectivity index (χ0) is 22.2. The Labute approximate surface area is 201 Å². The van der Waals surface area contributed by atoms with Gasteiger partial charge in [0, 0.05) is 17.6 Å². The van der Waals surface area contributed by atoms with Gasteiger partial charge in [0.05, 0.1) is 0 Å². The van der Waals surface area contributed by atoms with E-state index in [-0.39, 0.29) is 8.80 Å². The summed E-state index contributed by atoms with van der Waals surface area (Å²) in [6, 6.07) is 28.8. The molecule has 2 heteroatoms. The lowest BCUT2D eigenvalue weighted by molar-refractivity contribution is 0.603. The SMILES string of the molecule is CCCCC[SiH]1CCC(c2ccc(-c3ccc(C4CC[SiH](CCC)CC4)cc3)cc2)CC1. The van der Waals surface area contributed by atoms with Gasteiger partial charge in [-0.3, -0.25) is 0 Å². The van der Waals surface area contributed by atoms with Crippen molar-refractivity contribution in [3.8, 4) is 11.1 Å². The van der Waals surface area contributed by atoms with Gasteiger partial charge >= 0.3 is 0 Å². The third-order valence-corrected chi connectivity index (χ3v) is 15.9. The van der Waals surface area contributed by atoms with Crippen LogP contribution in [-0.2, 0) is 0 Å². The zero-order valence-electron chi connectivity index (χ0n) is 20.8. The summed E-state index contributed by atoms with van der Waals surface area (Å²) in [4.78, 5) is 0. The highest BCUT2D eigenvalue weighted by atomic mass is 28.3. The normalized spacial score (nSPS) is 26.2. The highest BCUT2D eigenvalue weighted by molar-refractivity contribution is 6.59. The Morgan fingerprint density at radius 2 is 1.00 bits per heavy atom. The molecule has 2 aliphatic heterocycles. The summed E-state index contributed by atoms with van der Waals surface area (Å²) in [6.07, 6.45) is 11.6. The van der Waals surface area contributed by atoms with Crippen LogP contribution in [0.5, 0.6) is 0 Å². The first-order chi connectivity index (χ1) is 15.8. The van der Waals surface area contributed by atoms with Crippen LogP contribution in [0.3, 0.4) is 0 Å². The smallest absolute Gasteiger partial charge is 0.0368 e. The first-order valence-corrected chi connectivity index (χ1v) is 18.9. The van der Waals surface area contributed by atoms with Crippen molar-refractivity contribution in [2.45, 2.75) is 113 Å². The monoisotopic (exact) mass is 462 g/mol. The minimum Gasteiger partial charge on any atom is -0.0657 e. The van der Waals surface area contributed by atoms with Crippen molar-refractivity contribution in [1.29, 1.82) is 0 Å². The molecule has 0 atom stereocenters. The van der Waals surface area contributed by atoms with Crippen molar-refractivity contribution in [2.75, 3.05) is 0 Å². The lowest BCUT2D eigenvalue weighted by Crippen LogP contribution is -2.20. The first kappa shape index (κ1) is 24.0. The standard InChI is InChI=1S/C30H46Si2/c1-3-5-6-20-32-23-17-30(18-24-32)28-13-9-26(10-14-28)25-7-11-27(12-8-25)29-15-21-31(19-4-2)22-16-29/h7-14,29-32H,3-6,15-24H2,1-2H3. The van der Waals surface area contributed by atoms with Crippen LogP contribution in [0.1, 0.15) is 88.2 Å². The second-order valence-electron chi connectivity index (χ2n) is 11.0. The van der Waals surface area contributed by atoms with E-state index in [9.17, 15) is 0 Å². The van der Waals surface area contributed by atoms with Gasteiger partial charge in [-0.25, -0.2) is 0 Å². The molecule has 0 aromatic heterocycles. The van der Waals surface area contributed by atoms with Gasteiger partial charge in [-0.1, -0.05) is 124 Å². The van der Waals surface area contributed by atoms with Gasteiger partial charge < -0.3 is 0 Å². The van der Waals surface area contributed by atoms with E-state index in [0.29, 0.717) is 0 Å². The van der Waals surface area contributed by atoms with Crippen LogP contribution in [0, 0.1) is 0 Å². The Bertz CT molecular complexity index is 779. The fraction of sp³-hybridized carbons (Fsp3) is 0.600. The lowest BCUT2D eigenvalue weighted by atomic mass is 9.90. The van der Waals surface area contributed by atoms with Crippen molar-refractivity contribution >= 4 is 17.6 Å². The second kappa shape index (κ2) is 12.4. The van der Waals surface area contributed by atoms with E-state index in [1.165, 1.54) is 62.5 Å². The molecular weight excluding hydrogens is 417 g/mol. The molecule has 2 saturated heterocycles. The van der Waals surface area contributed by atoms with Crippen LogP contribution in [0.15, 0.2) is 48.5 Å². The molecule has 0 amide bonds. The fourth-order valence-electron chi connectivity index (χ4n) is 6.56. The first-order valence-electron chi connectivity index (χ1n) is 14.0. The van der Waals surface area contributed by atoms with Gasteiger partial charge in [0.15, 0.2) is 0 Å².